The normalized spacial score (nSPS) is 11.4. The molecule has 90 valence electrons. The Labute approximate surface area is 102 Å². The van der Waals surface area contributed by atoms with Crippen LogP contribution in [-0.2, 0) is 0 Å². The first-order valence-electron chi connectivity index (χ1n) is 4.89. The van der Waals surface area contributed by atoms with Crippen molar-refractivity contribution in [1.29, 1.82) is 0 Å². The zero-order valence-corrected chi connectivity index (χ0v) is 10.1. The molecule has 0 aliphatic rings. The van der Waals surface area contributed by atoms with Crippen LogP contribution in [-0.4, -0.2) is 7.11 Å². The van der Waals surface area contributed by atoms with E-state index in [9.17, 15) is 4.39 Å². The molecule has 0 heterocycles. The largest absolute Gasteiger partial charge is 0.496 e. The van der Waals surface area contributed by atoms with Gasteiger partial charge in [-0.05, 0) is 25.0 Å². The van der Waals surface area contributed by atoms with Crippen molar-refractivity contribution >= 4 is 12.4 Å². The van der Waals surface area contributed by atoms with E-state index < -0.39 is 0 Å². The zero-order chi connectivity index (χ0) is 11.3. The van der Waals surface area contributed by atoms with Crippen LogP contribution < -0.4 is 10.5 Å². The third-order valence-corrected chi connectivity index (χ3v) is 2.29. The molecule has 0 aromatic heterocycles. The standard InChI is InChI=1S/C12H16FNO.ClH/c1-3-4-7-10(14)12-9(13)6-5-8-11(12)15-2;/h3,5-6,8,10H,1,4,7,14H2,2H3;1H/t10-;/m0./s1. The molecule has 0 amide bonds. The number of halogens is 2. The van der Waals surface area contributed by atoms with E-state index in [1.165, 1.54) is 13.2 Å². The van der Waals surface area contributed by atoms with Crippen molar-refractivity contribution in [2.75, 3.05) is 7.11 Å². The van der Waals surface area contributed by atoms with Gasteiger partial charge >= 0.3 is 0 Å². The molecule has 2 N–H and O–H groups in total. The zero-order valence-electron chi connectivity index (χ0n) is 9.28. The van der Waals surface area contributed by atoms with Gasteiger partial charge < -0.3 is 10.5 Å². The molecule has 1 aromatic rings. The second-order valence-electron chi connectivity index (χ2n) is 3.33. The Morgan fingerprint density at radius 1 is 1.56 bits per heavy atom. The minimum Gasteiger partial charge on any atom is -0.496 e. The molecule has 2 nitrogen and oxygen atoms in total. The fraction of sp³-hybridized carbons (Fsp3) is 0.333. The van der Waals surface area contributed by atoms with E-state index in [0.29, 0.717) is 17.7 Å². The molecule has 0 aliphatic heterocycles. The van der Waals surface area contributed by atoms with Gasteiger partial charge in [-0.15, -0.1) is 19.0 Å². The highest BCUT2D eigenvalue weighted by Crippen LogP contribution is 2.28. The summed E-state index contributed by atoms with van der Waals surface area (Å²) in [7, 11) is 1.51. The van der Waals surface area contributed by atoms with Crippen molar-refractivity contribution in [2.45, 2.75) is 18.9 Å². The first kappa shape index (κ1) is 14.9. The van der Waals surface area contributed by atoms with Crippen molar-refractivity contribution in [3.8, 4) is 5.75 Å². The van der Waals surface area contributed by atoms with E-state index in [0.717, 1.165) is 6.42 Å². The van der Waals surface area contributed by atoms with Crippen LogP contribution in [0, 0.1) is 5.82 Å². The number of benzene rings is 1. The van der Waals surface area contributed by atoms with Gasteiger partial charge in [-0.1, -0.05) is 12.1 Å². The molecule has 1 rings (SSSR count). The van der Waals surface area contributed by atoms with E-state index >= 15 is 0 Å². The lowest BCUT2D eigenvalue weighted by molar-refractivity contribution is 0.397. The van der Waals surface area contributed by atoms with Gasteiger partial charge in [0.1, 0.15) is 11.6 Å². The summed E-state index contributed by atoms with van der Waals surface area (Å²) in [6.07, 6.45) is 3.20. The number of hydrogen-bond acceptors (Lipinski definition) is 2. The molecule has 0 saturated heterocycles. The van der Waals surface area contributed by atoms with Crippen molar-refractivity contribution in [2.24, 2.45) is 5.73 Å². The maximum Gasteiger partial charge on any atom is 0.131 e. The van der Waals surface area contributed by atoms with Crippen LogP contribution in [0.15, 0.2) is 30.9 Å². The van der Waals surface area contributed by atoms with Crippen LogP contribution in [0.1, 0.15) is 24.4 Å². The van der Waals surface area contributed by atoms with E-state index in [-0.39, 0.29) is 24.3 Å². The molecule has 4 heteroatoms. The summed E-state index contributed by atoms with van der Waals surface area (Å²) in [4.78, 5) is 0. The Balaban J connectivity index is 0.00000225. The van der Waals surface area contributed by atoms with Gasteiger partial charge in [0.25, 0.3) is 0 Å². The number of ether oxygens (including phenoxy) is 1. The topological polar surface area (TPSA) is 35.2 Å². The van der Waals surface area contributed by atoms with Crippen molar-refractivity contribution < 1.29 is 9.13 Å². The van der Waals surface area contributed by atoms with Crippen LogP contribution in [0.5, 0.6) is 5.75 Å². The maximum absolute atomic E-state index is 13.5. The number of nitrogens with two attached hydrogens (primary N) is 1. The van der Waals surface area contributed by atoms with Crippen molar-refractivity contribution in [1.82, 2.24) is 0 Å². The fourth-order valence-electron chi connectivity index (χ4n) is 1.50. The summed E-state index contributed by atoms with van der Waals surface area (Å²) in [6, 6.07) is 4.37. The summed E-state index contributed by atoms with van der Waals surface area (Å²) in [5.74, 6) is 0.192. The summed E-state index contributed by atoms with van der Waals surface area (Å²) >= 11 is 0. The van der Waals surface area contributed by atoms with E-state index in [1.807, 2.05) is 0 Å². The van der Waals surface area contributed by atoms with Crippen molar-refractivity contribution in [3.05, 3.63) is 42.2 Å². The predicted molar refractivity (Wildman–Crippen MR) is 66.6 cm³/mol. The van der Waals surface area contributed by atoms with Gasteiger partial charge in [-0.3, -0.25) is 0 Å². The molecule has 16 heavy (non-hydrogen) atoms. The molecule has 0 spiro atoms. The third-order valence-electron chi connectivity index (χ3n) is 2.29. The highest BCUT2D eigenvalue weighted by Gasteiger charge is 2.15. The smallest absolute Gasteiger partial charge is 0.131 e. The highest BCUT2D eigenvalue weighted by atomic mass is 35.5. The Morgan fingerprint density at radius 3 is 2.81 bits per heavy atom. The lowest BCUT2D eigenvalue weighted by Crippen LogP contribution is -2.13. The molecule has 0 unspecified atom stereocenters. The Hall–Kier alpha value is -1.06. The van der Waals surface area contributed by atoms with Gasteiger partial charge in [-0.2, -0.15) is 0 Å². The van der Waals surface area contributed by atoms with Crippen LogP contribution in [0.4, 0.5) is 4.39 Å². The second kappa shape index (κ2) is 7.25. The quantitative estimate of drug-likeness (QED) is 0.809. The average molecular weight is 246 g/mol. The lowest BCUT2D eigenvalue weighted by Gasteiger charge is -2.15. The summed E-state index contributed by atoms with van der Waals surface area (Å²) < 4.78 is 18.6. The SMILES string of the molecule is C=CCC[C@H](N)c1c(F)cccc1OC.Cl. The molecule has 0 aliphatic carbocycles. The highest BCUT2D eigenvalue weighted by molar-refractivity contribution is 5.85. The Kier molecular flexibility index (Phi) is 6.77. The van der Waals surface area contributed by atoms with Crippen LogP contribution in [0.25, 0.3) is 0 Å². The molecular weight excluding hydrogens is 229 g/mol. The van der Waals surface area contributed by atoms with E-state index in [1.54, 1.807) is 18.2 Å². The van der Waals surface area contributed by atoms with Crippen LogP contribution in [0.3, 0.4) is 0 Å². The molecule has 1 atom stereocenters. The van der Waals surface area contributed by atoms with Crippen molar-refractivity contribution in [3.63, 3.8) is 0 Å². The van der Waals surface area contributed by atoms with Gasteiger partial charge in [-0.25, -0.2) is 4.39 Å². The molecular formula is C12H17ClFNO. The van der Waals surface area contributed by atoms with Gasteiger partial charge in [0.2, 0.25) is 0 Å². The second-order valence-corrected chi connectivity index (χ2v) is 3.33. The number of hydrogen-bond donors (Lipinski definition) is 1. The van der Waals surface area contributed by atoms with E-state index in [2.05, 4.69) is 6.58 Å². The molecule has 0 fully saturated rings. The minimum atomic E-state index is -0.348. The molecule has 0 radical (unpaired) electrons. The van der Waals surface area contributed by atoms with Gasteiger partial charge in [0.05, 0.1) is 7.11 Å². The van der Waals surface area contributed by atoms with E-state index in [4.69, 9.17) is 10.5 Å². The molecule has 0 bridgehead atoms. The third kappa shape index (κ3) is 3.51. The predicted octanol–water partition coefficient (Wildman–Crippen LogP) is 3.22. The van der Waals surface area contributed by atoms with Crippen LogP contribution >= 0.6 is 12.4 Å². The number of allylic oxidation sites excluding steroid dienone is 1. The first-order chi connectivity index (χ1) is 7.20. The van der Waals surface area contributed by atoms with Gasteiger partial charge in [0.15, 0.2) is 0 Å². The van der Waals surface area contributed by atoms with Crippen LogP contribution in [0.2, 0.25) is 0 Å². The fourth-order valence-corrected chi connectivity index (χ4v) is 1.50. The summed E-state index contributed by atoms with van der Waals surface area (Å²) in [5, 5.41) is 0. The summed E-state index contributed by atoms with van der Waals surface area (Å²) in [6.45, 7) is 3.61. The average Bonchev–Trinajstić information content (AvgIpc) is 2.25. The number of methoxy groups -OCH3 is 1. The monoisotopic (exact) mass is 245 g/mol. The summed E-state index contributed by atoms with van der Waals surface area (Å²) in [5.41, 5.74) is 6.34. The van der Waals surface area contributed by atoms with Gasteiger partial charge in [0, 0.05) is 11.6 Å². The minimum absolute atomic E-state index is 0. The Bertz CT molecular complexity index is 344. The lowest BCUT2D eigenvalue weighted by atomic mass is 10.0. The molecule has 1 aromatic carbocycles. The molecule has 0 saturated carbocycles. The first-order valence-corrected chi connectivity index (χ1v) is 4.89. The number of rotatable bonds is 5. The Morgan fingerprint density at radius 2 is 2.25 bits per heavy atom. The maximum atomic E-state index is 13.5.